The van der Waals surface area contributed by atoms with Crippen LogP contribution in [-0.2, 0) is 9.53 Å². The van der Waals surface area contributed by atoms with Crippen molar-refractivity contribution >= 4 is 17.7 Å². The first kappa shape index (κ1) is 14.2. The minimum absolute atomic E-state index is 0.000817. The number of nitrogens with zero attached hydrogens (tertiary/aromatic N) is 2. The van der Waals surface area contributed by atoms with E-state index in [1.165, 1.54) is 22.9 Å². The summed E-state index contributed by atoms with van der Waals surface area (Å²) in [6.07, 6.45) is 4.45. The molecule has 1 fully saturated rings. The smallest absolute Gasteiger partial charge is 0.319 e. The van der Waals surface area contributed by atoms with E-state index < -0.39 is 0 Å². The molecular formula is C16H18N2O2S. The van der Waals surface area contributed by atoms with Gasteiger partial charge in [0, 0.05) is 18.8 Å². The average molecular weight is 302 g/mol. The largest absolute Gasteiger partial charge is 0.462 e. The highest BCUT2D eigenvalue weighted by atomic mass is 32.2. The molecule has 2 heterocycles. The summed E-state index contributed by atoms with van der Waals surface area (Å²) in [5.41, 5.74) is 3.57. The Kier molecular flexibility index (Phi) is 3.76. The van der Waals surface area contributed by atoms with Crippen molar-refractivity contribution in [2.45, 2.75) is 43.7 Å². The predicted molar refractivity (Wildman–Crippen MR) is 82.9 cm³/mol. The molecule has 1 aromatic heterocycles. The standard InChI is InChI=1S/C16H18N2O2S/c1-10-5-4-6-13(12(10)3)18-8-7-17-16(18)21-14-9-11(2)20-15(14)19/h4-8,11,14H,9H2,1-3H3. The van der Waals surface area contributed by atoms with Gasteiger partial charge in [0.25, 0.3) is 0 Å². The Hall–Kier alpha value is -1.75. The van der Waals surface area contributed by atoms with Gasteiger partial charge in [-0.15, -0.1) is 0 Å². The Bertz CT molecular complexity index is 681. The van der Waals surface area contributed by atoms with Crippen molar-refractivity contribution in [3.05, 3.63) is 41.7 Å². The lowest BCUT2D eigenvalue weighted by molar-refractivity contribution is -0.140. The molecule has 1 saturated heterocycles. The van der Waals surface area contributed by atoms with Crippen LogP contribution in [0.4, 0.5) is 0 Å². The number of carbonyl (C=O) groups is 1. The van der Waals surface area contributed by atoms with Gasteiger partial charge in [-0.3, -0.25) is 9.36 Å². The molecule has 0 N–H and O–H groups in total. The number of esters is 1. The topological polar surface area (TPSA) is 44.1 Å². The number of ether oxygens (including phenoxy) is 1. The Labute approximate surface area is 128 Å². The highest BCUT2D eigenvalue weighted by molar-refractivity contribution is 8.00. The molecule has 0 saturated carbocycles. The SMILES string of the molecule is Cc1cccc(-n2ccnc2SC2CC(C)OC2=O)c1C. The third kappa shape index (κ3) is 2.70. The van der Waals surface area contributed by atoms with E-state index in [4.69, 9.17) is 4.74 Å². The molecule has 5 heteroatoms. The number of rotatable bonds is 3. The Balaban J connectivity index is 1.91. The van der Waals surface area contributed by atoms with Crippen LogP contribution in [-0.4, -0.2) is 26.9 Å². The molecule has 0 bridgehead atoms. The fourth-order valence-corrected chi connectivity index (χ4v) is 3.67. The maximum absolute atomic E-state index is 11.8. The average Bonchev–Trinajstić information content (AvgIpc) is 3.01. The third-order valence-corrected chi connectivity index (χ3v) is 5.00. The van der Waals surface area contributed by atoms with E-state index in [1.54, 1.807) is 6.20 Å². The number of thioether (sulfide) groups is 1. The van der Waals surface area contributed by atoms with Crippen molar-refractivity contribution < 1.29 is 9.53 Å². The van der Waals surface area contributed by atoms with Crippen LogP contribution in [0.1, 0.15) is 24.5 Å². The second-order valence-electron chi connectivity index (χ2n) is 5.39. The summed E-state index contributed by atoms with van der Waals surface area (Å²) in [5.74, 6) is -0.136. The lowest BCUT2D eigenvalue weighted by atomic mass is 10.1. The molecule has 0 aliphatic carbocycles. The molecule has 0 amide bonds. The fourth-order valence-electron chi connectivity index (χ4n) is 2.50. The number of aromatic nitrogens is 2. The number of cyclic esters (lactones) is 1. The molecular weight excluding hydrogens is 284 g/mol. The number of hydrogen-bond acceptors (Lipinski definition) is 4. The highest BCUT2D eigenvalue weighted by Crippen LogP contribution is 2.33. The van der Waals surface area contributed by atoms with E-state index in [-0.39, 0.29) is 17.3 Å². The summed E-state index contributed by atoms with van der Waals surface area (Å²) in [6.45, 7) is 6.12. The van der Waals surface area contributed by atoms with Gasteiger partial charge < -0.3 is 4.74 Å². The van der Waals surface area contributed by atoms with Crippen molar-refractivity contribution in [1.29, 1.82) is 0 Å². The van der Waals surface area contributed by atoms with Crippen LogP contribution in [0.3, 0.4) is 0 Å². The summed E-state index contributed by atoms with van der Waals surface area (Å²) in [7, 11) is 0. The highest BCUT2D eigenvalue weighted by Gasteiger charge is 2.33. The van der Waals surface area contributed by atoms with Gasteiger partial charge in [-0.2, -0.15) is 0 Å². The number of carbonyl (C=O) groups excluding carboxylic acids is 1. The monoisotopic (exact) mass is 302 g/mol. The molecule has 2 aromatic rings. The first-order valence-electron chi connectivity index (χ1n) is 7.03. The second-order valence-corrected chi connectivity index (χ2v) is 6.56. The normalized spacial score (nSPS) is 21.6. The van der Waals surface area contributed by atoms with Crippen LogP contribution in [0.2, 0.25) is 0 Å². The summed E-state index contributed by atoms with van der Waals surface area (Å²) < 4.78 is 7.26. The molecule has 21 heavy (non-hydrogen) atoms. The minimum atomic E-state index is -0.161. The summed E-state index contributed by atoms with van der Waals surface area (Å²) in [5, 5.41) is 0.672. The van der Waals surface area contributed by atoms with E-state index in [0.717, 1.165) is 17.3 Å². The summed E-state index contributed by atoms with van der Waals surface area (Å²) >= 11 is 1.48. The molecule has 2 unspecified atom stereocenters. The third-order valence-electron chi connectivity index (χ3n) is 3.82. The van der Waals surface area contributed by atoms with Crippen LogP contribution in [0.5, 0.6) is 0 Å². The van der Waals surface area contributed by atoms with Gasteiger partial charge in [-0.05, 0) is 38.0 Å². The van der Waals surface area contributed by atoms with Crippen molar-refractivity contribution in [3.8, 4) is 5.69 Å². The van der Waals surface area contributed by atoms with Gasteiger partial charge in [0.05, 0.1) is 5.69 Å². The van der Waals surface area contributed by atoms with Gasteiger partial charge in [0.2, 0.25) is 0 Å². The Morgan fingerprint density at radius 2 is 2.19 bits per heavy atom. The molecule has 2 atom stereocenters. The van der Waals surface area contributed by atoms with Gasteiger partial charge >= 0.3 is 5.97 Å². The lowest BCUT2D eigenvalue weighted by Crippen LogP contribution is -2.11. The number of aryl methyl sites for hydroxylation is 1. The molecule has 110 valence electrons. The summed E-state index contributed by atoms with van der Waals surface area (Å²) in [4.78, 5) is 16.2. The van der Waals surface area contributed by atoms with E-state index >= 15 is 0 Å². The van der Waals surface area contributed by atoms with Crippen molar-refractivity contribution in [1.82, 2.24) is 9.55 Å². The Morgan fingerprint density at radius 1 is 1.38 bits per heavy atom. The van der Waals surface area contributed by atoms with Crippen LogP contribution < -0.4 is 0 Å². The van der Waals surface area contributed by atoms with Crippen LogP contribution >= 0.6 is 11.8 Å². The maximum Gasteiger partial charge on any atom is 0.319 e. The van der Waals surface area contributed by atoms with Crippen molar-refractivity contribution in [2.24, 2.45) is 0 Å². The zero-order valence-electron chi connectivity index (χ0n) is 12.4. The quantitative estimate of drug-likeness (QED) is 0.816. The second kappa shape index (κ2) is 5.56. The first-order chi connectivity index (χ1) is 10.1. The molecule has 1 aliphatic heterocycles. The number of imidazole rings is 1. The minimum Gasteiger partial charge on any atom is -0.462 e. The molecule has 0 radical (unpaired) electrons. The van der Waals surface area contributed by atoms with E-state index in [1.807, 2.05) is 23.8 Å². The van der Waals surface area contributed by atoms with Crippen molar-refractivity contribution in [2.75, 3.05) is 0 Å². The van der Waals surface area contributed by atoms with Gasteiger partial charge in [0.1, 0.15) is 11.4 Å². The maximum atomic E-state index is 11.8. The summed E-state index contributed by atoms with van der Waals surface area (Å²) in [6, 6.07) is 6.21. The Morgan fingerprint density at radius 3 is 2.90 bits per heavy atom. The zero-order chi connectivity index (χ0) is 15.0. The van der Waals surface area contributed by atoms with Crippen LogP contribution in [0.15, 0.2) is 35.7 Å². The predicted octanol–water partition coefficient (Wildman–Crippen LogP) is 3.29. The lowest BCUT2D eigenvalue weighted by Gasteiger charge is -2.13. The van der Waals surface area contributed by atoms with Gasteiger partial charge in [-0.25, -0.2) is 4.98 Å². The van der Waals surface area contributed by atoms with E-state index in [2.05, 4.69) is 31.0 Å². The molecule has 3 rings (SSSR count). The van der Waals surface area contributed by atoms with Gasteiger partial charge in [0.15, 0.2) is 5.16 Å². The first-order valence-corrected chi connectivity index (χ1v) is 7.91. The van der Waals surface area contributed by atoms with Crippen LogP contribution in [0.25, 0.3) is 5.69 Å². The van der Waals surface area contributed by atoms with E-state index in [9.17, 15) is 4.79 Å². The van der Waals surface area contributed by atoms with Crippen molar-refractivity contribution in [3.63, 3.8) is 0 Å². The number of hydrogen-bond donors (Lipinski definition) is 0. The fraction of sp³-hybridized carbons (Fsp3) is 0.375. The van der Waals surface area contributed by atoms with Gasteiger partial charge in [-0.1, -0.05) is 23.9 Å². The molecule has 1 aromatic carbocycles. The van der Waals surface area contributed by atoms with Crippen LogP contribution in [0, 0.1) is 13.8 Å². The molecule has 0 spiro atoms. The molecule has 4 nitrogen and oxygen atoms in total. The van der Waals surface area contributed by atoms with E-state index in [0.29, 0.717) is 0 Å². The molecule has 1 aliphatic rings. The number of benzene rings is 1. The zero-order valence-corrected chi connectivity index (χ0v) is 13.2.